The molecule has 5 heteroatoms. The fourth-order valence-electron chi connectivity index (χ4n) is 1.71. The predicted octanol–water partition coefficient (Wildman–Crippen LogP) is 3.25. The van der Waals surface area contributed by atoms with Crippen LogP contribution in [0.3, 0.4) is 0 Å². The zero-order valence-electron chi connectivity index (χ0n) is 9.70. The normalized spacial score (nSPS) is 12.5. The molecule has 0 fully saturated rings. The average Bonchev–Trinajstić information content (AvgIpc) is 2.62. The van der Waals surface area contributed by atoms with Gasteiger partial charge in [0.05, 0.1) is 11.0 Å². The molecule has 2 aromatic rings. The van der Waals surface area contributed by atoms with Gasteiger partial charge in [0.2, 0.25) is 0 Å². The minimum atomic E-state index is -3.07. The Morgan fingerprint density at radius 2 is 2.06 bits per heavy atom. The van der Waals surface area contributed by atoms with Gasteiger partial charge in [-0.25, -0.2) is 8.42 Å². The third kappa shape index (κ3) is 2.40. The molecule has 0 unspecified atom stereocenters. The van der Waals surface area contributed by atoms with Crippen molar-refractivity contribution in [3.8, 4) is 0 Å². The second kappa shape index (κ2) is 4.46. The van der Waals surface area contributed by atoms with Gasteiger partial charge in [0.1, 0.15) is 0 Å². The van der Waals surface area contributed by atoms with Gasteiger partial charge in [-0.15, -0.1) is 0 Å². The Hall–Kier alpha value is -0.810. The first-order valence-electron chi connectivity index (χ1n) is 5.38. The number of H-pyrrole nitrogens is 1. The molecule has 17 heavy (non-hydrogen) atoms. The first-order valence-corrected chi connectivity index (χ1v) is 7.88. The summed E-state index contributed by atoms with van der Waals surface area (Å²) in [4.78, 5) is 3.10. The molecule has 0 bridgehead atoms. The summed E-state index contributed by atoms with van der Waals surface area (Å²) in [6, 6.07) is 5.77. The molecule has 0 aliphatic carbocycles. The van der Waals surface area contributed by atoms with Gasteiger partial charge in [0.25, 0.3) is 0 Å². The van der Waals surface area contributed by atoms with E-state index in [1.807, 2.05) is 18.2 Å². The molecule has 1 N–H and O–H groups in total. The van der Waals surface area contributed by atoms with Crippen LogP contribution in [0, 0.1) is 0 Å². The van der Waals surface area contributed by atoms with Crippen LogP contribution in [0.25, 0.3) is 10.9 Å². The van der Waals surface area contributed by atoms with Crippen molar-refractivity contribution in [2.24, 2.45) is 0 Å². The number of fused-ring (bicyclic) bond motifs is 1. The van der Waals surface area contributed by atoms with E-state index in [2.05, 4.69) is 20.9 Å². The number of aromatic amines is 1. The predicted molar refractivity (Wildman–Crippen MR) is 73.8 cm³/mol. The Kier molecular flexibility index (Phi) is 3.32. The van der Waals surface area contributed by atoms with Crippen molar-refractivity contribution < 1.29 is 8.42 Å². The molecule has 1 aromatic carbocycles. The maximum absolute atomic E-state index is 11.9. The number of halogens is 1. The van der Waals surface area contributed by atoms with Crippen LogP contribution in [0.15, 0.2) is 28.9 Å². The third-order valence-electron chi connectivity index (χ3n) is 2.81. The smallest absolute Gasteiger partial charge is 0.156 e. The second-order valence-corrected chi connectivity index (χ2v) is 7.74. The molecule has 0 aliphatic rings. The van der Waals surface area contributed by atoms with E-state index in [0.29, 0.717) is 0 Å². The minimum absolute atomic E-state index is 0.0767. The SMILES string of the molecule is CC(C)S(=O)(=O)Cc1c[nH]c2cccc(Br)c12. The lowest BCUT2D eigenvalue weighted by Gasteiger charge is -2.07. The largest absolute Gasteiger partial charge is 0.361 e. The Morgan fingerprint density at radius 1 is 1.35 bits per heavy atom. The second-order valence-electron chi connectivity index (χ2n) is 4.33. The molecule has 0 amide bonds. The lowest BCUT2D eigenvalue weighted by molar-refractivity contribution is 0.586. The van der Waals surface area contributed by atoms with Crippen molar-refractivity contribution in [1.82, 2.24) is 4.98 Å². The van der Waals surface area contributed by atoms with E-state index in [9.17, 15) is 8.42 Å². The highest BCUT2D eigenvalue weighted by molar-refractivity contribution is 9.10. The highest BCUT2D eigenvalue weighted by Crippen LogP contribution is 2.28. The number of hydrogen-bond acceptors (Lipinski definition) is 2. The van der Waals surface area contributed by atoms with E-state index in [1.165, 1.54) is 0 Å². The summed E-state index contributed by atoms with van der Waals surface area (Å²) in [5, 5.41) is 0.603. The molecule has 1 heterocycles. The summed E-state index contributed by atoms with van der Waals surface area (Å²) in [5.74, 6) is 0.0767. The number of sulfone groups is 1. The van der Waals surface area contributed by atoms with Crippen LogP contribution in [-0.4, -0.2) is 18.7 Å². The minimum Gasteiger partial charge on any atom is -0.361 e. The van der Waals surface area contributed by atoms with Crippen LogP contribution in [0.5, 0.6) is 0 Å². The van der Waals surface area contributed by atoms with Crippen LogP contribution in [0.4, 0.5) is 0 Å². The van der Waals surface area contributed by atoms with Crippen molar-refractivity contribution in [1.29, 1.82) is 0 Å². The van der Waals surface area contributed by atoms with Gasteiger partial charge in [0.15, 0.2) is 9.84 Å². The number of nitrogens with one attached hydrogen (secondary N) is 1. The average molecular weight is 316 g/mol. The summed E-state index contributed by atoms with van der Waals surface area (Å²) < 4.78 is 24.8. The van der Waals surface area contributed by atoms with Gasteiger partial charge in [-0.3, -0.25) is 0 Å². The molecule has 0 spiro atoms. The van der Waals surface area contributed by atoms with Crippen molar-refractivity contribution in [3.05, 3.63) is 34.4 Å². The Bertz CT molecular complexity index is 644. The first kappa shape index (κ1) is 12.6. The Labute approximate surface area is 109 Å². The highest BCUT2D eigenvalue weighted by atomic mass is 79.9. The molecule has 1 aromatic heterocycles. The summed E-state index contributed by atoms with van der Waals surface area (Å²) in [6.45, 7) is 3.42. The van der Waals surface area contributed by atoms with E-state index < -0.39 is 9.84 Å². The van der Waals surface area contributed by atoms with Gasteiger partial charge in [-0.05, 0) is 31.5 Å². The van der Waals surface area contributed by atoms with Crippen molar-refractivity contribution in [2.75, 3.05) is 0 Å². The number of rotatable bonds is 3. The lowest BCUT2D eigenvalue weighted by Crippen LogP contribution is -2.15. The summed E-state index contributed by atoms with van der Waals surface area (Å²) in [7, 11) is -3.07. The number of hydrogen-bond donors (Lipinski definition) is 1. The van der Waals surface area contributed by atoms with Crippen molar-refractivity contribution >= 4 is 36.7 Å². The maximum Gasteiger partial charge on any atom is 0.156 e. The molecule has 92 valence electrons. The van der Waals surface area contributed by atoms with Crippen molar-refractivity contribution in [3.63, 3.8) is 0 Å². The summed E-state index contributed by atoms with van der Waals surface area (Å²) >= 11 is 3.46. The molecule has 0 saturated carbocycles. The van der Waals surface area contributed by atoms with Gasteiger partial charge in [-0.1, -0.05) is 22.0 Å². The van der Waals surface area contributed by atoms with E-state index in [-0.39, 0.29) is 11.0 Å². The summed E-state index contributed by atoms with van der Waals surface area (Å²) in [6.07, 6.45) is 1.77. The van der Waals surface area contributed by atoms with E-state index in [0.717, 1.165) is 20.9 Å². The number of aromatic nitrogens is 1. The Balaban J connectivity index is 2.51. The standard InChI is InChI=1S/C12H14BrNO2S/c1-8(2)17(15,16)7-9-6-14-11-5-3-4-10(13)12(9)11/h3-6,8,14H,7H2,1-2H3. The van der Waals surface area contributed by atoms with Gasteiger partial charge in [0, 0.05) is 21.6 Å². The topological polar surface area (TPSA) is 49.9 Å². The van der Waals surface area contributed by atoms with Crippen LogP contribution in [0.1, 0.15) is 19.4 Å². The first-order chi connectivity index (χ1) is 7.92. The monoisotopic (exact) mass is 315 g/mol. The molecule has 0 atom stereocenters. The fourth-order valence-corrected chi connectivity index (χ4v) is 3.32. The molecular weight excluding hydrogens is 302 g/mol. The summed E-state index contributed by atoms with van der Waals surface area (Å²) in [5.41, 5.74) is 1.77. The molecule has 2 rings (SSSR count). The van der Waals surface area contributed by atoms with Gasteiger partial charge >= 0.3 is 0 Å². The van der Waals surface area contributed by atoms with Gasteiger partial charge in [-0.2, -0.15) is 0 Å². The molecule has 0 saturated heterocycles. The maximum atomic E-state index is 11.9. The van der Waals surface area contributed by atoms with E-state index in [1.54, 1.807) is 20.0 Å². The van der Waals surface area contributed by atoms with E-state index >= 15 is 0 Å². The Morgan fingerprint density at radius 3 is 2.71 bits per heavy atom. The van der Waals surface area contributed by atoms with Crippen LogP contribution in [0.2, 0.25) is 0 Å². The quantitative estimate of drug-likeness (QED) is 0.945. The molecule has 0 radical (unpaired) electrons. The highest BCUT2D eigenvalue weighted by Gasteiger charge is 2.19. The van der Waals surface area contributed by atoms with Crippen LogP contribution >= 0.6 is 15.9 Å². The lowest BCUT2D eigenvalue weighted by atomic mass is 10.2. The zero-order chi connectivity index (χ0) is 12.6. The van der Waals surface area contributed by atoms with Crippen LogP contribution in [-0.2, 0) is 15.6 Å². The molecule has 3 nitrogen and oxygen atoms in total. The fraction of sp³-hybridized carbons (Fsp3) is 0.333. The number of benzene rings is 1. The van der Waals surface area contributed by atoms with Crippen LogP contribution < -0.4 is 0 Å². The third-order valence-corrected chi connectivity index (χ3v) is 5.62. The van der Waals surface area contributed by atoms with Crippen molar-refractivity contribution in [2.45, 2.75) is 24.9 Å². The molecule has 0 aliphatic heterocycles. The van der Waals surface area contributed by atoms with Gasteiger partial charge < -0.3 is 4.98 Å². The molecular formula is C12H14BrNO2S. The van der Waals surface area contributed by atoms with E-state index in [4.69, 9.17) is 0 Å². The zero-order valence-corrected chi connectivity index (χ0v) is 12.1.